The van der Waals surface area contributed by atoms with Gasteiger partial charge in [0.25, 0.3) is 10.0 Å². The number of carbonyl (C=O) groups is 2. The molecule has 0 aliphatic carbocycles. The van der Waals surface area contributed by atoms with Gasteiger partial charge in [-0.1, -0.05) is 6.07 Å². The van der Waals surface area contributed by atoms with E-state index in [4.69, 9.17) is 5.11 Å². The zero-order valence-electron chi connectivity index (χ0n) is 12.8. The van der Waals surface area contributed by atoms with Crippen LogP contribution in [0.4, 0.5) is 0 Å². The van der Waals surface area contributed by atoms with Gasteiger partial charge in [0.1, 0.15) is 10.3 Å². The minimum absolute atomic E-state index is 0.0144. The van der Waals surface area contributed by atoms with Crippen LogP contribution in [0.5, 0.6) is 0 Å². The second-order valence-electron chi connectivity index (χ2n) is 5.46. The number of aliphatic carboxylic acids is 1. The number of carboxylic acid groups (broad SMARTS) is 1. The molecule has 2 rings (SSSR count). The molecular formula is C14H20N2O5S2. The monoisotopic (exact) mass is 360 g/mol. The average Bonchev–Trinajstić information content (AvgIpc) is 3.17. The number of carboxylic acids is 1. The van der Waals surface area contributed by atoms with E-state index in [0.29, 0.717) is 32.4 Å². The Hall–Kier alpha value is -1.45. The number of rotatable bonds is 7. The van der Waals surface area contributed by atoms with Gasteiger partial charge in [-0.05, 0) is 30.7 Å². The Morgan fingerprint density at radius 3 is 2.83 bits per heavy atom. The Bertz CT molecular complexity index is 657. The maximum Gasteiger partial charge on any atom is 0.303 e. The van der Waals surface area contributed by atoms with Gasteiger partial charge in [0.05, 0.1) is 0 Å². The van der Waals surface area contributed by atoms with Crippen molar-refractivity contribution >= 4 is 33.2 Å². The molecule has 9 heteroatoms. The Morgan fingerprint density at radius 1 is 1.48 bits per heavy atom. The van der Waals surface area contributed by atoms with Crippen LogP contribution in [0.15, 0.2) is 21.7 Å². The highest BCUT2D eigenvalue weighted by Gasteiger charge is 2.40. The zero-order valence-corrected chi connectivity index (χ0v) is 14.5. The van der Waals surface area contributed by atoms with Crippen LogP contribution in [0.1, 0.15) is 25.7 Å². The molecule has 1 aliphatic heterocycles. The van der Waals surface area contributed by atoms with Crippen molar-refractivity contribution in [3.05, 3.63) is 17.5 Å². The number of likely N-dealkylation sites (N-methyl/N-ethyl adjacent to an activating group) is 1. The molecule has 23 heavy (non-hydrogen) atoms. The summed E-state index contributed by atoms with van der Waals surface area (Å²) in [4.78, 5) is 24.5. The lowest BCUT2D eigenvalue weighted by Crippen LogP contribution is -2.46. The third-order valence-electron chi connectivity index (χ3n) is 3.81. The number of nitrogens with zero attached hydrogens (tertiary/aromatic N) is 2. The molecule has 1 aromatic heterocycles. The number of sulfonamides is 1. The van der Waals surface area contributed by atoms with Crippen molar-refractivity contribution in [2.45, 2.75) is 35.9 Å². The first-order chi connectivity index (χ1) is 10.8. The summed E-state index contributed by atoms with van der Waals surface area (Å²) in [7, 11) is -2.06. The standard InChI is InChI=1S/C14H20N2O5S2/c1-15(8-3-6-12(17)18)14(19)11-5-2-9-16(11)23(20,21)13-7-4-10-22-13/h4,7,10-11H,2-3,5-6,8-9H2,1H3,(H,17,18). The molecule has 0 spiro atoms. The average molecular weight is 360 g/mol. The summed E-state index contributed by atoms with van der Waals surface area (Å²) >= 11 is 1.14. The fraction of sp³-hybridized carbons (Fsp3) is 0.571. The predicted molar refractivity (Wildman–Crippen MR) is 85.7 cm³/mol. The Morgan fingerprint density at radius 2 is 2.22 bits per heavy atom. The van der Waals surface area contributed by atoms with Crippen molar-refractivity contribution < 1.29 is 23.1 Å². The third kappa shape index (κ3) is 4.10. The lowest BCUT2D eigenvalue weighted by molar-refractivity contribution is -0.138. The van der Waals surface area contributed by atoms with E-state index >= 15 is 0 Å². The van der Waals surface area contributed by atoms with Gasteiger partial charge in [0.15, 0.2) is 0 Å². The minimum atomic E-state index is -3.65. The van der Waals surface area contributed by atoms with Crippen LogP contribution in [0.2, 0.25) is 0 Å². The highest BCUT2D eigenvalue weighted by Crippen LogP contribution is 2.29. The van der Waals surface area contributed by atoms with Crippen LogP contribution in [0.3, 0.4) is 0 Å². The van der Waals surface area contributed by atoms with Crippen LogP contribution >= 0.6 is 11.3 Å². The third-order valence-corrected chi connectivity index (χ3v) is 7.09. The van der Waals surface area contributed by atoms with Gasteiger partial charge in [-0.25, -0.2) is 8.42 Å². The molecule has 0 saturated carbocycles. The Labute approximate surface area is 139 Å². The highest BCUT2D eigenvalue weighted by molar-refractivity contribution is 7.91. The fourth-order valence-electron chi connectivity index (χ4n) is 2.63. The van der Waals surface area contributed by atoms with Crippen molar-refractivity contribution in [1.82, 2.24) is 9.21 Å². The maximum atomic E-state index is 12.6. The molecule has 0 aromatic carbocycles. The number of amides is 1. The molecule has 2 heterocycles. The zero-order chi connectivity index (χ0) is 17.0. The Balaban J connectivity index is 2.06. The normalized spacial score (nSPS) is 18.9. The first kappa shape index (κ1) is 17.9. The molecule has 128 valence electrons. The largest absolute Gasteiger partial charge is 0.481 e. The lowest BCUT2D eigenvalue weighted by Gasteiger charge is -2.27. The predicted octanol–water partition coefficient (Wildman–Crippen LogP) is 1.22. The van der Waals surface area contributed by atoms with E-state index in [1.807, 2.05) is 0 Å². The van der Waals surface area contributed by atoms with E-state index in [2.05, 4.69) is 0 Å². The fourth-order valence-corrected chi connectivity index (χ4v) is 5.40. The molecule has 0 bridgehead atoms. The van der Waals surface area contributed by atoms with Crippen molar-refractivity contribution in [2.24, 2.45) is 0 Å². The molecule has 7 nitrogen and oxygen atoms in total. The van der Waals surface area contributed by atoms with E-state index in [0.717, 1.165) is 11.3 Å². The van der Waals surface area contributed by atoms with E-state index in [9.17, 15) is 18.0 Å². The maximum absolute atomic E-state index is 12.6. The van der Waals surface area contributed by atoms with Crippen LogP contribution in [0.25, 0.3) is 0 Å². The molecule has 1 amide bonds. The van der Waals surface area contributed by atoms with Crippen molar-refractivity contribution in [1.29, 1.82) is 0 Å². The SMILES string of the molecule is CN(CCCC(=O)O)C(=O)C1CCCN1S(=O)(=O)c1cccs1. The molecule has 1 saturated heterocycles. The number of thiophene rings is 1. The van der Waals surface area contributed by atoms with Crippen LogP contribution < -0.4 is 0 Å². The molecule has 1 N–H and O–H groups in total. The molecule has 1 aliphatic rings. The minimum Gasteiger partial charge on any atom is -0.481 e. The van der Waals surface area contributed by atoms with Crippen molar-refractivity contribution in [3.8, 4) is 0 Å². The molecule has 1 fully saturated rings. The topological polar surface area (TPSA) is 95.0 Å². The summed E-state index contributed by atoms with van der Waals surface area (Å²) in [5.74, 6) is -1.18. The molecular weight excluding hydrogens is 340 g/mol. The van der Waals surface area contributed by atoms with Crippen molar-refractivity contribution in [2.75, 3.05) is 20.1 Å². The molecule has 1 aromatic rings. The first-order valence-corrected chi connectivity index (χ1v) is 9.68. The number of hydrogen-bond acceptors (Lipinski definition) is 5. The molecule has 1 atom stereocenters. The van der Waals surface area contributed by atoms with Crippen LogP contribution in [-0.4, -0.2) is 60.8 Å². The van der Waals surface area contributed by atoms with Gasteiger partial charge >= 0.3 is 5.97 Å². The summed E-state index contributed by atoms with van der Waals surface area (Å²) in [6.07, 6.45) is 1.47. The van der Waals surface area contributed by atoms with Gasteiger partial charge in [0.2, 0.25) is 5.91 Å². The summed E-state index contributed by atoms with van der Waals surface area (Å²) in [5.41, 5.74) is 0. The van der Waals surface area contributed by atoms with Gasteiger partial charge in [-0.3, -0.25) is 9.59 Å². The Kier molecular flexibility index (Phi) is 5.77. The van der Waals surface area contributed by atoms with E-state index in [1.165, 1.54) is 15.3 Å². The summed E-state index contributed by atoms with van der Waals surface area (Å²) < 4.78 is 26.8. The summed E-state index contributed by atoms with van der Waals surface area (Å²) in [6.45, 7) is 0.633. The highest BCUT2D eigenvalue weighted by atomic mass is 32.2. The second-order valence-corrected chi connectivity index (χ2v) is 8.53. The van der Waals surface area contributed by atoms with Gasteiger partial charge in [-0.15, -0.1) is 11.3 Å². The van der Waals surface area contributed by atoms with E-state index in [-0.39, 0.29) is 16.5 Å². The number of carbonyl (C=O) groups excluding carboxylic acids is 1. The van der Waals surface area contributed by atoms with Crippen LogP contribution in [-0.2, 0) is 19.6 Å². The van der Waals surface area contributed by atoms with Gasteiger partial charge < -0.3 is 10.0 Å². The van der Waals surface area contributed by atoms with Crippen molar-refractivity contribution in [3.63, 3.8) is 0 Å². The quantitative estimate of drug-likeness (QED) is 0.789. The molecule has 0 radical (unpaired) electrons. The van der Waals surface area contributed by atoms with E-state index in [1.54, 1.807) is 18.5 Å². The summed E-state index contributed by atoms with van der Waals surface area (Å²) in [5, 5.41) is 10.3. The number of hydrogen-bond donors (Lipinski definition) is 1. The van der Waals surface area contributed by atoms with Gasteiger partial charge in [-0.2, -0.15) is 4.31 Å². The van der Waals surface area contributed by atoms with Crippen LogP contribution in [0, 0.1) is 0 Å². The van der Waals surface area contributed by atoms with Gasteiger partial charge in [0, 0.05) is 26.6 Å². The first-order valence-electron chi connectivity index (χ1n) is 7.36. The second kappa shape index (κ2) is 7.41. The lowest BCUT2D eigenvalue weighted by atomic mass is 10.2. The van der Waals surface area contributed by atoms with E-state index < -0.39 is 22.0 Å². The molecule has 1 unspecified atom stereocenters. The summed E-state index contributed by atoms with van der Waals surface area (Å²) in [6, 6.07) is 2.51. The smallest absolute Gasteiger partial charge is 0.303 e.